The molecule has 90 valence electrons. The van der Waals surface area contributed by atoms with Crippen LogP contribution in [-0.2, 0) is 4.79 Å². The third-order valence-electron chi connectivity index (χ3n) is 4.76. The van der Waals surface area contributed by atoms with Gasteiger partial charge < -0.3 is 10.6 Å². The molecule has 0 radical (unpaired) electrons. The summed E-state index contributed by atoms with van der Waals surface area (Å²) in [5.74, 6) is 2.83. The van der Waals surface area contributed by atoms with Gasteiger partial charge in [0.2, 0.25) is 5.91 Å². The molecule has 1 aliphatic heterocycles. The summed E-state index contributed by atoms with van der Waals surface area (Å²) in [6, 6.07) is 0.395. The van der Waals surface area contributed by atoms with Gasteiger partial charge in [0.05, 0.1) is 0 Å². The van der Waals surface area contributed by atoms with Crippen molar-refractivity contribution in [2.75, 3.05) is 13.1 Å². The minimum atomic E-state index is 0.297. The third-order valence-corrected chi connectivity index (χ3v) is 4.76. The molecule has 3 rings (SSSR count). The number of amides is 1. The van der Waals surface area contributed by atoms with Crippen LogP contribution >= 0.6 is 0 Å². The Morgan fingerprint density at radius 2 is 2.19 bits per heavy atom. The van der Waals surface area contributed by atoms with Gasteiger partial charge in [0.1, 0.15) is 0 Å². The molecule has 2 N–H and O–H groups in total. The quantitative estimate of drug-likeness (QED) is 0.755. The molecule has 2 bridgehead atoms. The molecule has 0 spiro atoms. The van der Waals surface area contributed by atoms with Crippen molar-refractivity contribution in [3.05, 3.63) is 0 Å². The first-order valence-corrected chi connectivity index (χ1v) is 6.81. The summed E-state index contributed by atoms with van der Waals surface area (Å²) in [6.07, 6.45) is 7.42. The number of fused-ring (bicyclic) bond motifs is 2. The van der Waals surface area contributed by atoms with Gasteiger partial charge in [-0.3, -0.25) is 4.79 Å². The minimum absolute atomic E-state index is 0.297. The molecular formula is C13H22N2O. The van der Waals surface area contributed by atoms with Crippen LogP contribution in [-0.4, -0.2) is 25.0 Å². The van der Waals surface area contributed by atoms with E-state index in [1.54, 1.807) is 0 Å². The fourth-order valence-electron chi connectivity index (χ4n) is 3.93. The lowest BCUT2D eigenvalue weighted by atomic mass is 9.86. The molecule has 0 aromatic rings. The summed E-state index contributed by atoms with van der Waals surface area (Å²) in [5, 5.41) is 6.45. The molecule has 2 saturated carbocycles. The van der Waals surface area contributed by atoms with Crippen molar-refractivity contribution < 1.29 is 4.79 Å². The Bertz CT molecular complexity index is 273. The van der Waals surface area contributed by atoms with Gasteiger partial charge in [0.15, 0.2) is 0 Å². The second-order valence-corrected chi connectivity index (χ2v) is 5.90. The SMILES string of the molecule is O=C(CC1CC2CCC1C2)N[C@@H]1CCNC1. The van der Waals surface area contributed by atoms with Crippen LogP contribution in [0.5, 0.6) is 0 Å². The van der Waals surface area contributed by atoms with E-state index in [4.69, 9.17) is 0 Å². The maximum absolute atomic E-state index is 11.9. The van der Waals surface area contributed by atoms with Crippen LogP contribution in [0.1, 0.15) is 38.5 Å². The van der Waals surface area contributed by atoms with Crippen LogP contribution < -0.4 is 10.6 Å². The maximum Gasteiger partial charge on any atom is 0.220 e. The Morgan fingerprint density at radius 1 is 1.25 bits per heavy atom. The average Bonchev–Trinajstić information content (AvgIpc) is 2.92. The summed E-state index contributed by atoms with van der Waals surface area (Å²) in [7, 11) is 0. The number of rotatable bonds is 3. The zero-order valence-corrected chi connectivity index (χ0v) is 9.87. The summed E-state index contributed by atoms with van der Waals surface area (Å²) in [5.41, 5.74) is 0. The van der Waals surface area contributed by atoms with Gasteiger partial charge in [-0.05, 0) is 50.0 Å². The first-order valence-electron chi connectivity index (χ1n) is 6.81. The van der Waals surface area contributed by atoms with Gasteiger partial charge >= 0.3 is 0 Å². The second kappa shape index (κ2) is 4.36. The van der Waals surface area contributed by atoms with Gasteiger partial charge in [-0.2, -0.15) is 0 Å². The molecule has 0 aromatic carbocycles. The number of carbonyl (C=O) groups is 1. The smallest absolute Gasteiger partial charge is 0.220 e. The lowest BCUT2D eigenvalue weighted by Crippen LogP contribution is -2.37. The normalized spacial score (nSPS) is 41.5. The molecule has 3 aliphatic rings. The van der Waals surface area contributed by atoms with E-state index in [-0.39, 0.29) is 0 Å². The predicted molar refractivity (Wildman–Crippen MR) is 63.0 cm³/mol. The zero-order chi connectivity index (χ0) is 11.0. The van der Waals surface area contributed by atoms with Gasteiger partial charge in [-0.25, -0.2) is 0 Å². The number of hydrogen-bond acceptors (Lipinski definition) is 2. The van der Waals surface area contributed by atoms with Crippen LogP contribution in [0.4, 0.5) is 0 Å². The largest absolute Gasteiger partial charge is 0.352 e. The first-order chi connectivity index (χ1) is 7.81. The monoisotopic (exact) mass is 222 g/mol. The molecule has 1 saturated heterocycles. The van der Waals surface area contributed by atoms with Crippen LogP contribution in [0.3, 0.4) is 0 Å². The van der Waals surface area contributed by atoms with E-state index in [1.165, 1.54) is 25.7 Å². The minimum Gasteiger partial charge on any atom is -0.352 e. The van der Waals surface area contributed by atoms with Crippen LogP contribution in [0.2, 0.25) is 0 Å². The third kappa shape index (κ3) is 2.10. The first kappa shape index (κ1) is 10.6. The van der Waals surface area contributed by atoms with Crippen LogP contribution in [0.15, 0.2) is 0 Å². The maximum atomic E-state index is 11.9. The highest BCUT2D eigenvalue weighted by Crippen LogP contribution is 2.49. The molecule has 4 atom stereocenters. The Balaban J connectivity index is 1.45. The zero-order valence-electron chi connectivity index (χ0n) is 9.87. The summed E-state index contributed by atoms with van der Waals surface area (Å²) < 4.78 is 0. The average molecular weight is 222 g/mol. The Kier molecular flexibility index (Phi) is 2.88. The molecule has 0 aromatic heterocycles. The fraction of sp³-hybridized carbons (Fsp3) is 0.923. The van der Waals surface area contributed by atoms with E-state index in [2.05, 4.69) is 10.6 Å². The van der Waals surface area contributed by atoms with Crippen molar-refractivity contribution in [2.24, 2.45) is 17.8 Å². The van der Waals surface area contributed by atoms with Crippen LogP contribution in [0, 0.1) is 17.8 Å². The molecule has 3 unspecified atom stereocenters. The topological polar surface area (TPSA) is 41.1 Å². The number of hydrogen-bond donors (Lipinski definition) is 2. The van der Waals surface area contributed by atoms with Gasteiger partial charge in [-0.1, -0.05) is 6.42 Å². The van der Waals surface area contributed by atoms with Crippen molar-refractivity contribution in [1.82, 2.24) is 10.6 Å². The van der Waals surface area contributed by atoms with E-state index in [0.717, 1.165) is 37.8 Å². The molecule has 1 heterocycles. The van der Waals surface area contributed by atoms with E-state index in [0.29, 0.717) is 17.9 Å². The van der Waals surface area contributed by atoms with Crippen molar-refractivity contribution in [3.63, 3.8) is 0 Å². The van der Waals surface area contributed by atoms with Crippen molar-refractivity contribution in [2.45, 2.75) is 44.6 Å². The molecular weight excluding hydrogens is 200 g/mol. The lowest BCUT2D eigenvalue weighted by molar-refractivity contribution is -0.123. The highest BCUT2D eigenvalue weighted by molar-refractivity contribution is 5.76. The lowest BCUT2D eigenvalue weighted by Gasteiger charge is -2.21. The molecule has 1 amide bonds. The van der Waals surface area contributed by atoms with Gasteiger partial charge in [0.25, 0.3) is 0 Å². The standard InChI is InChI=1S/C13H22N2O/c16-13(15-12-3-4-14-8-12)7-11-6-9-1-2-10(11)5-9/h9-12,14H,1-8H2,(H,15,16)/t9?,10?,11?,12-/m1/s1. The Labute approximate surface area is 97.4 Å². The van der Waals surface area contributed by atoms with Crippen LogP contribution in [0.25, 0.3) is 0 Å². The molecule has 16 heavy (non-hydrogen) atoms. The number of carbonyl (C=O) groups excluding carboxylic acids is 1. The molecule has 3 heteroatoms. The van der Waals surface area contributed by atoms with Crippen molar-refractivity contribution in [3.8, 4) is 0 Å². The van der Waals surface area contributed by atoms with Gasteiger partial charge in [0, 0.05) is 19.0 Å². The number of nitrogens with one attached hydrogen (secondary N) is 2. The second-order valence-electron chi connectivity index (χ2n) is 5.90. The van der Waals surface area contributed by atoms with E-state index in [1.807, 2.05) is 0 Å². The predicted octanol–water partition coefficient (Wildman–Crippen LogP) is 1.29. The Morgan fingerprint density at radius 3 is 2.81 bits per heavy atom. The van der Waals surface area contributed by atoms with E-state index < -0.39 is 0 Å². The van der Waals surface area contributed by atoms with Gasteiger partial charge in [-0.15, -0.1) is 0 Å². The highest BCUT2D eigenvalue weighted by Gasteiger charge is 2.40. The molecule has 3 fully saturated rings. The van der Waals surface area contributed by atoms with E-state index >= 15 is 0 Å². The summed E-state index contributed by atoms with van der Waals surface area (Å²) in [4.78, 5) is 11.9. The molecule has 3 nitrogen and oxygen atoms in total. The van der Waals surface area contributed by atoms with Crippen molar-refractivity contribution in [1.29, 1.82) is 0 Å². The summed E-state index contributed by atoms with van der Waals surface area (Å²) >= 11 is 0. The Hall–Kier alpha value is -0.570. The van der Waals surface area contributed by atoms with E-state index in [9.17, 15) is 4.79 Å². The molecule has 2 aliphatic carbocycles. The fourth-order valence-corrected chi connectivity index (χ4v) is 3.93. The highest BCUT2D eigenvalue weighted by atomic mass is 16.1. The summed E-state index contributed by atoms with van der Waals surface area (Å²) in [6.45, 7) is 2.02. The van der Waals surface area contributed by atoms with Crippen molar-refractivity contribution >= 4 is 5.91 Å².